The summed E-state index contributed by atoms with van der Waals surface area (Å²) >= 11 is 0. The molecule has 0 unspecified atom stereocenters. The number of rotatable bonds is 8. The zero-order valence-electron chi connectivity index (χ0n) is 20.0. The summed E-state index contributed by atoms with van der Waals surface area (Å²) in [6, 6.07) is 8.75. The molecular formula is C25H29F4N7. The molecule has 0 aliphatic carbocycles. The molecule has 2 aromatic heterocycles. The Hall–Kier alpha value is -3.05. The number of alkyl halides is 4. The summed E-state index contributed by atoms with van der Waals surface area (Å²) in [5, 5.41) is 11.1. The summed E-state index contributed by atoms with van der Waals surface area (Å²) < 4.78 is 54.9. The lowest BCUT2D eigenvalue weighted by atomic mass is 9.86. The van der Waals surface area contributed by atoms with Crippen LogP contribution in [0.2, 0.25) is 0 Å². The molecule has 1 N–H and O–H groups in total. The fraction of sp³-hybridized carbons (Fsp3) is 0.480. The first-order valence-corrected chi connectivity index (χ1v) is 12.1. The summed E-state index contributed by atoms with van der Waals surface area (Å²) in [5.74, 6) is 0. The molecule has 1 fully saturated rings. The lowest BCUT2D eigenvalue weighted by Gasteiger charge is -2.42. The number of halogens is 4. The Morgan fingerprint density at radius 2 is 1.86 bits per heavy atom. The van der Waals surface area contributed by atoms with Gasteiger partial charge >= 0.3 is 6.18 Å². The number of likely N-dealkylation sites (tertiary alicyclic amines) is 1. The molecule has 4 heterocycles. The highest BCUT2D eigenvalue weighted by atomic mass is 19.4. The predicted molar refractivity (Wildman–Crippen MR) is 128 cm³/mol. The van der Waals surface area contributed by atoms with Crippen LogP contribution in [-0.4, -0.2) is 80.7 Å². The number of hydrogen-bond acceptors (Lipinski definition) is 6. The minimum atomic E-state index is -4.33. The second-order valence-corrected chi connectivity index (χ2v) is 9.61. The molecule has 2 aliphatic heterocycles. The Bertz CT molecular complexity index is 1140. The normalized spacial score (nSPS) is 21.2. The van der Waals surface area contributed by atoms with Crippen molar-refractivity contribution >= 4 is 5.69 Å². The van der Waals surface area contributed by atoms with Gasteiger partial charge in [-0.05, 0) is 55.2 Å². The van der Waals surface area contributed by atoms with Crippen LogP contribution < -0.4 is 5.32 Å². The number of benzene rings is 1. The van der Waals surface area contributed by atoms with Crippen LogP contribution in [-0.2, 0) is 6.42 Å². The number of nitrogens with zero attached hydrogens (tertiary/aromatic N) is 6. The Kier molecular flexibility index (Phi) is 6.94. The topological polar surface area (TPSA) is 62.1 Å². The van der Waals surface area contributed by atoms with Crippen molar-refractivity contribution in [3.05, 3.63) is 66.0 Å². The van der Waals surface area contributed by atoms with Gasteiger partial charge in [0.25, 0.3) is 0 Å². The van der Waals surface area contributed by atoms with Gasteiger partial charge < -0.3 is 5.32 Å². The van der Waals surface area contributed by atoms with E-state index in [4.69, 9.17) is 0 Å². The molecule has 0 bridgehead atoms. The first-order valence-electron chi connectivity index (χ1n) is 12.1. The van der Waals surface area contributed by atoms with E-state index in [1.807, 2.05) is 37.3 Å². The molecule has 11 heteroatoms. The van der Waals surface area contributed by atoms with Gasteiger partial charge in [0, 0.05) is 31.4 Å². The zero-order valence-corrected chi connectivity index (χ0v) is 20.0. The van der Waals surface area contributed by atoms with Crippen LogP contribution in [0.4, 0.5) is 23.2 Å². The average Bonchev–Trinajstić information content (AvgIpc) is 3.35. The molecule has 36 heavy (non-hydrogen) atoms. The number of aromatic nitrogens is 4. The van der Waals surface area contributed by atoms with Gasteiger partial charge in [-0.1, -0.05) is 6.07 Å². The second kappa shape index (κ2) is 10.1. The van der Waals surface area contributed by atoms with Gasteiger partial charge in [-0.3, -0.25) is 23.7 Å². The van der Waals surface area contributed by atoms with Crippen LogP contribution in [0.15, 0.2) is 49.2 Å². The standard InChI is InChI=1S/C25H29F4N7/c1-17-9-18-10-21(35-15-31-32-16-35)4-5-22(18)24(36(17)14-25(27,28)29)23-6-3-19(11-30-23)33-20-12-34(13-20)8-2-7-26/h3-6,10-11,15-17,20,24,33H,2,7-9,12-14H2,1H3/t17-,24+/m0/s1. The third-order valence-electron chi connectivity index (χ3n) is 6.92. The lowest BCUT2D eigenvalue weighted by molar-refractivity contribution is -0.155. The maximum Gasteiger partial charge on any atom is 0.401 e. The molecule has 2 aliphatic rings. The van der Waals surface area contributed by atoms with Gasteiger partial charge in [0.1, 0.15) is 12.7 Å². The summed E-state index contributed by atoms with van der Waals surface area (Å²) in [5.41, 5.74) is 4.08. The van der Waals surface area contributed by atoms with Gasteiger partial charge in [0.2, 0.25) is 0 Å². The highest BCUT2D eigenvalue weighted by molar-refractivity contribution is 5.48. The Morgan fingerprint density at radius 1 is 1.08 bits per heavy atom. The molecule has 0 radical (unpaired) electrons. The Morgan fingerprint density at radius 3 is 2.53 bits per heavy atom. The van der Waals surface area contributed by atoms with E-state index in [0.717, 1.165) is 42.1 Å². The van der Waals surface area contributed by atoms with E-state index in [1.54, 1.807) is 23.4 Å². The van der Waals surface area contributed by atoms with Gasteiger partial charge in [0.05, 0.1) is 42.9 Å². The molecule has 192 valence electrons. The summed E-state index contributed by atoms with van der Waals surface area (Å²) in [7, 11) is 0. The number of hydrogen-bond donors (Lipinski definition) is 1. The van der Waals surface area contributed by atoms with Crippen molar-refractivity contribution in [3.8, 4) is 5.69 Å². The Labute approximate surface area is 207 Å². The smallest absolute Gasteiger partial charge is 0.378 e. The average molecular weight is 504 g/mol. The van der Waals surface area contributed by atoms with Crippen LogP contribution in [0.3, 0.4) is 0 Å². The zero-order chi connectivity index (χ0) is 25.3. The quantitative estimate of drug-likeness (QED) is 0.469. The highest BCUT2D eigenvalue weighted by Crippen LogP contribution is 2.39. The van der Waals surface area contributed by atoms with Gasteiger partial charge in [-0.25, -0.2) is 0 Å². The van der Waals surface area contributed by atoms with Crippen molar-refractivity contribution in [1.29, 1.82) is 0 Å². The monoisotopic (exact) mass is 503 g/mol. The fourth-order valence-corrected chi connectivity index (χ4v) is 5.20. The fourth-order valence-electron chi connectivity index (χ4n) is 5.20. The van der Waals surface area contributed by atoms with E-state index in [0.29, 0.717) is 18.5 Å². The number of fused-ring (bicyclic) bond motifs is 1. The minimum Gasteiger partial charge on any atom is -0.378 e. The second-order valence-electron chi connectivity index (χ2n) is 9.61. The molecular weight excluding hydrogens is 474 g/mol. The largest absolute Gasteiger partial charge is 0.401 e. The van der Waals surface area contributed by atoms with Crippen molar-refractivity contribution in [2.24, 2.45) is 0 Å². The van der Waals surface area contributed by atoms with E-state index in [2.05, 4.69) is 25.4 Å². The van der Waals surface area contributed by atoms with E-state index in [1.165, 1.54) is 4.90 Å². The molecule has 3 aromatic rings. The molecule has 0 saturated carbocycles. The molecule has 2 atom stereocenters. The molecule has 7 nitrogen and oxygen atoms in total. The van der Waals surface area contributed by atoms with Crippen LogP contribution in [0.25, 0.3) is 5.69 Å². The number of anilines is 1. The highest BCUT2D eigenvalue weighted by Gasteiger charge is 2.41. The summed E-state index contributed by atoms with van der Waals surface area (Å²) in [6.07, 6.45) is 1.59. The lowest BCUT2D eigenvalue weighted by Crippen LogP contribution is -2.54. The molecule has 1 aromatic carbocycles. The molecule has 1 saturated heterocycles. The summed E-state index contributed by atoms with van der Waals surface area (Å²) in [4.78, 5) is 8.28. The maximum absolute atomic E-state index is 13.6. The van der Waals surface area contributed by atoms with Crippen molar-refractivity contribution < 1.29 is 17.6 Å². The first-order chi connectivity index (χ1) is 17.3. The van der Waals surface area contributed by atoms with Crippen LogP contribution in [0.5, 0.6) is 0 Å². The van der Waals surface area contributed by atoms with E-state index in [9.17, 15) is 17.6 Å². The molecule has 0 amide bonds. The van der Waals surface area contributed by atoms with Crippen molar-refractivity contribution in [2.45, 2.75) is 44.1 Å². The van der Waals surface area contributed by atoms with Crippen LogP contribution >= 0.6 is 0 Å². The van der Waals surface area contributed by atoms with E-state index < -0.39 is 18.8 Å². The van der Waals surface area contributed by atoms with Crippen molar-refractivity contribution in [1.82, 2.24) is 29.5 Å². The third kappa shape index (κ3) is 5.36. The number of nitrogens with one attached hydrogen (secondary N) is 1. The first kappa shape index (κ1) is 24.6. The van der Waals surface area contributed by atoms with Gasteiger partial charge in [-0.2, -0.15) is 13.2 Å². The van der Waals surface area contributed by atoms with Gasteiger partial charge in [0.15, 0.2) is 0 Å². The Balaban J connectivity index is 1.39. The SMILES string of the molecule is C[C@H]1Cc2cc(-n3cnnc3)ccc2[C@H](c2ccc(NC3CN(CCCF)C3)cn2)N1CC(F)(F)F. The number of pyridine rings is 1. The van der Waals surface area contributed by atoms with Crippen LogP contribution in [0.1, 0.15) is 36.2 Å². The summed E-state index contributed by atoms with van der Waals surface area (Å²) in [6.45, 7) is 2.93. The predicted octanol–water partition coefficient (Wildman–Crippen LogP) is 4.02. The van der Waals surface area contributed by atoms with Gasteiger partial charge in [-0.15, -0.1) is 10.2 Å². The molecule has 0 spiro atoms. The van der Waals surface area contributed by atoms with Crippen LogP contribution in [0, 0.1) is 0 Å². The van der Waals surface area contributed by atoms with Crippen molar-refractivity contribution in [2.75, 3.05) is 38.2 Å². The molecule has 5 rings (SSSR count). The van der Waals surface area contributed by atoms with Crippen molar-refractivity contribution in [3.63, 3.8) is 0 Å². The van der Waals surface area contributed by atoms with E-state index >= 15 is 0 Å². The third-order valence-corrected chi connectivity index (χ3v) is 6.92. The minimum absolute atomic E-state index is 0.255. The maximum atomic E-state index is 13.6. The van der Waals surface area contributed by atoms with E-state index in [-0.39, 0.29) is 18.8 Å².